The molecular weight excluding hydrogens is 420 g/mol. The van der Waals surface area contributed by atoms with Crippen molar-refractivity contribution in [3.05, 3.63) is 94.9 Å². The van der Waals surface area contributed by atoms with Crippen molar-refractivity contribution in [2.75, 3.05) is 6.61 Å². The van der Waals surface area contributed by atoms with Crippen molar-refractivity contribution < 1.29 is 9.15 Å². The number of nitrogens with zero attached hydrogens (tertiary/aromatic N) is 4. The van der Waals surface area contributed by atoms with E-state index in [1.807, 2.05) is 85.1 Å². The third kappa shape index (κ3) is 4.24. The maximum atomic E-state index is 6.09. The molecule has 0 aliphatic rings. The molecule has 0 atom stereocenters. The van der Waals surface area contributed by atoms with Crippen LogP contribution in [0.1, 0.15) is 12.6 Å². The Morgan fingerprint density at radius 1 is 1.06 bits per heavy atom. The Kier molecular flexibility index (Phi) is 5.63. The second-order valence-corrected chi connectivity index (χ2v) is 7.74. The van der Waals surface area contributed by atoms with E-state index >= 15 is 0 Å². The van der Waals surface area contributed by atoms with Gasteiger partial charge in [0.15, 0.2) is 5.76 Å². The minimum atomic E-state index is 0.629. The first-order valence-corrected chi connectivity index (χ1v) is 11.1. The molecule has 0 amide bonds. The molecule has 0 unspecified atom stereocenters. The fraction of sp³-hybridized carbons (Fsp3) is 0.0800. The van der Waals surface area contributed by atoms with Crippen LogP contribution >= 0.6 is 11.3 Å². The first kappa shape index (κ1) is 20.0. The summed E-state index contributed by atoms with van der Waals surface area (Å²) in [6.07, 6.45) is 3.46. The van der Waals surface area contributed by atoms with Crippen LogP contribution in [-0.2, 0) is 0 Å². The lowest BCUT2D eigenvalue weighted by atomic mass is 10.2. The van der Waals surface area contributed by atoms with E-state index < -0.39 is 0 Å². The maximum absolute atomic E-state index is 6.09. The molecule has 2 aromatic carbocycles. The maximum Gasteiger partial charge on any atom is 0.211 e. The highest BCUT2D eigenvalue weighted by atomic mass is 32.1. The highest BCUT2D eigenvalue weighted by molar-refractivity contribution is 7.07. The Labute approximate surface area is 188 Å². The van der Waals surface area contributed by atoms with Crippen LogP contribution in [0.3, 0.4) is 0 Å². The Hall–Kier alpha value is -3.97. The molecule has 7 heteroatoms. The number of ether oxygens (including phenoxy) is 1. The first-order valence-electron chi connectivity index (χ1n) is 10.2. The number of furan rings is 1. The lowest BCUT2D eigenvalue weighted by Crippen LogP contribution is -2.11. The number of rotatable bonds is 6. The van der Waals surface area contributed by atoms with Crippen LogP contribution in [0, 0.1) is 0 Å². The molecule has 3 heterocycles. The van der Waals surface area contributed by atoms with Gasteiger partial charge in [-0.25, -0.2) is 9.67 Å². The van der Waals surface area contributed by atoms with E-state index in [1.54, 1.807) is 17.1 Å². The summed E-state index contributed by atoms with van der Waals surface area (Å²) in [5.74, 6) is 1.55. The molecule has 0 fully saturated rings. The summed E-state index contributed by atoms with van der Waals surface area (Å²) in [5, 5.41) is 7.73. The summed E-state index contributed by atoms with van der Waals surface area (Å²) in [6.45, 7) is 2.59. The Balaban J connectivity index is 1.61. The Bertz CT molecular complexity index is 1400. The SMILES string of the molecule is CCOc1ccc(N=c2scc(-c3cc4ccccc4o3)n2N=Cc2ccccn2)cc1. The van der Waals surface area contributed by atoms with Crippen LogP contribution in [0.2, 0.25) is 0 Å². The summed E-state index contributed by atoms with van der Waals surface area (Å²) in [6, 6.07) is 23.4. The Morgan fingerprint density at radius 2 is 1.91 bits per heavy atom. The topological polar surface area (TPSA) is 64.9 Å². The van der Waals surface area contributed by atoms with Gasteiger partial charge in [0.25, 0.3) is 0 Å². The van der Waals surface area contributed by atoms with Gasteiger partial charge in [-0.15, -0.1) is 11.3 Å². The third-order valence-electron chi connectivity index (χ3n) is 4.73. The molecule has 0 saturated heterocycles. The number of benzene rings is 2. The predicted molar refractivity (Wildman–Crippen MR) is 128 cm³/mol. The zero-order valence-electron chi connectivity index (χ0n) is 17.4. The molecule has 0 N–H and O–H groups in total. The van der Waals surface area contributed by atoms with E-state index in [2.05, 4.69) is 10.1 Å². The van der Waals surface area contributed by atoms with Gasteiger partial charge in [0, 0.05) is 17.0 Å². The minimum absolute atomic E-state index is 0.629. The van der Waals surface area contributed by atoms with Gasteiger partial charge in [0.2, 0.25) is 4.80 Å². The van der Waals surface area contributed by atoms with Gasteiger partial charge < -0.3 is 9.15 Å². The fourth-order valence-electron chi connectivity index (χ4n) is 3.23. The zero-order chi connectivity index (χ0) is 21.8. The van der Waals surface area contributed by atoms with Crippen molar-refractivity contribution in [1.29, 1.82) is 0 Å². The van der Waals surface area contributed by atoms with Crippen molar-refractivity contribution in [3.8, 4) is 17.2 Å². The number of hydrogen-bond acceptors (Lipinski definition) is 6. The molecule has 0 radical (unpaired) electrons. The second kappa shape index (κ2) is 9.03. The molecule has 0 bridgehead atoms. The van der Waals surface area contributed by atoms with Gasteiger partial charge in [-0.1, -0.05) is 24.3 Å². The highest BCUT2D eigenvalue weighted by Crippen LogP contribution is 2.28. The van der Waals surface area contributed by atoms with E-state index in [0.29, 0.717) is 6.61 Å². The molecule has 0 aliphatic carbocycles. The van der Waals surface area contributed by atoms with E-state index in [9.17, 15) is 0 Å². The van der Waals surface area contributed by atoms with Gasteiger partial charge in [0.1, 0.15) is 17.0 Å². The standard InChI is InChI=1S/C25H20N4O2S/c1-2-30-21-12-10-19(11-13-21)28-25-29(27-16-20-8-5-6-14-26-20)22(17-32-25)24-15-18-7-3-4-9-23(18)31-24/h3-17H,2H2,1H3. The lowest BCUT2D eigenvalue weighted by Gasteiger charge is -2.02. The third-order valence-corrected chi connectivity index (χ3v) is 5.55. The molecule has 0 saturated carbocycles. The number of fused-ring (bicyclic) bond motifs is 1. The number of aromatic nitrogens is 2. The van der Waals surface area contributed by atoms with Gasteiger partial charge in [-0.05, 0) is 55.5 Å². The first-order chi connectivity index (χ1) is 15.8. The van der Waals surface area contributed by atoms with Crippen molar-refractivity contribution in [3.63, 3.8) is 0 Å². The molecule has 6 nitrogen and oxygen atoms in total. The van der Waals surface area contributed by atoms with Crippen LogP contribution in [-0.4, -0.2) is 22.5 Å². The molecule has 158 valence electrons. The lowest BCUT2D eigenvalue weighted by molar-refractivity contribution is 0.340. The van der Waals surface area contributed by atoms with E-state index in [0.717, 1.165) is 44.4 Å². The van der Waals surface area contributed by atoms with Crippen molar-refractivity contribution in [2.24, 2.45) is 10.1 Å². The van der Waals surface area contributed by atoms with Crippen LogP contribution in [0.25, 0.3) is 22.4 Å². The average Bonchev–Trinajstić information content (AvgIpc) is 3.43. The largest absolute Gasteiger partial charge is 0.494 e. The average molecular weight is 441 g/mol. The van der Waals surface area contributed by atoms with Crippen molar-refractivity contribution in [1.82, 2.24) is 9.66 Å². The fourth-order valence-corrected chi connectivity index (χ4v) is 4.07. The summed E-state index contributed by atoms with van der Waals surface area (Å²) in [4.78, 5) is 9.85. The summed E-state index contributed by atoms with van der Waals surface area (Å²) in [7, 11) is 0. The van der Waals surface area contributed by atoms with Crippen LogP contribution < -0.4 is 9.54 Å². The van der Waals surface area contributed by atoms with E-state index in [-0.39, 0.29) is 0 Å². The molecule has 3 aromatic heterocycles. The van der Waals surface area contributed by atoms with Crippen molar-refractivity contribution in [2.45, 2.75) is 6.92 Å². The Morgan fingerprint density at radius 3 is 2.69 bits per heavy atom. The minimum Gasteiger partial charge on any atom is -0.494 e. The van der Waals surface area contributed by atoms with Crippen LogP contribution in [0.5, 0.6) is 5.75 Å². The van der Waals surface area contributed by atoms with E-state index in [4.69, 9.17) is 14.1 Å². The van der Waals surface area contributed by atoms with Crippen LogP contribution in [0.4, 0.5) is 5.69 Å². The van der Waals surface area contributed by atoms with Gasteiger partial charge >= 0.3 is 0 Å². The molecule has 0 aliphatic heterocycles. The van der Waals surface area contributed by atoms with Gasteiger partial charge in [-0.3, -0.25) is 4.98 Å². The number of thiazole rings is 1. The van der Waals surface area contributed by atoms with Crippen molar-refractivity contribution >= 4 is 34.2 Å². The monoisotopic (exact) mass is 440 g/mol. The molecule has 32 heavy (non-hydrogen) atoms. The molecule has 5 aromatic rings. The highest BCUT2D eigenvalue weighted by Gasteiger charge is 2.13. The zero-order valence-corrected chi connectivity index (χ0v) is 18.2. The molecular formula is C25H20N4O2S. The summed E-state index contributed by atoms with van der Waals surface area (Å²) >= 11 is 1.50. The number of pyridine rings is 1. The molecule has 5 rings (SSSR count). The number of hydrogen-bond donors (Lipinski definition) is 0. The second-order valence-electron chi connectivity index (χ2n) is 6.90. The van der Waals surface area contributed by atoms with Gasteiger partial charge in [-0.2, -0.15) is 5.10 Å². The molecule has 0 spiro atoms. The normalized spacial score (nSPS) is 12.1. The quantitative estimate of drug-likeness (QED) is 0.310. The van der Waals surface area contributed by atoms with Crippen LogP contribution in [0.15, 0.2) is 98.9 Å². The smallest absolute Gasteiger partial charge is 0.211 e. The number of para-hydroxylation sites is 1. The van der Waals surface area contributed by atoms with E-state index in [1.165, 1.54) is 11.3 Å². The summed E-state index contributed by atoms with van der Waals surface area (Å²) < 4.78 is 13.4. The van der Waals surface area contributed by atoms with Gasteiger partial charge in [0.05, 0.1) is 24.2 Å². The predicted octanol–water partition coefficient (Wildman–Crippen LogP) is 5.87. The summed E-state index contributed by atoms with van der Waals surface area (Å²) in [5.41, 5.74) is 3.23.